The number of carbonyl (C=O) groups excluding carboxylic acids is 1. The van der Waals surface area contributed by atoms with Crippen molar-refractivity contribution in [1.29, 1.82) is 0 Å². The molecule has 0 radical (unpaired) electrons. The number of halogens is 1. The Labute approximate surface area is 202 Å². The summed E-state index contributed by atoms with van der Waals surface area (Å²) in [6.07, 6.45) is 9.14. The lowest BCUT2D eigenvalue weighted by Crippen LogP contribution is -2.55. The summed E-state index contributed by atoms with van der Waals surface area (Å²) in [5, 5.41) is 4.17. The number of likely N-dealkylation sites (tertiary alicyclic amines) is 1. The molecule has 1 amide bonds. The van der Waals surface area contributed by atoms with Gasteiger partial charge in [0.1, 0.15) is 5.15 Å². The summed E-state index contributed by atoms with van der Waals surface area (Å²) in [6.45, 7) is 2.53. The van der Waals surface area contributed by atoms with Crippen LogP contribution in [0.4, 0.5) is 0 Å². The van der Waals surface area contributed by atoms with Crippen molar-refractivity contribution in [1.82, 2.24) is 15.2 Å². The fraction of sp³-hybridized carbons (Fsp3) is 0.571. The highest BCUT2D eigenvalue weighted by molar-refractivity contribution is 6.29. The molecule has 4 nitrogen and oxygen atoms in total. The van der Waals surface area contributed by atoms with Gasteiger partial charge in [-0.15, -0.1) is 0 Å². The van der Waals surface area contributed by atoms with Gasteiger partial charge in [-0.3, -0.25) is 4.79 Å². The van der Waals surface area contributed by atoms with Crippen LogP contribution in [0.2, 0.25) is 5.15 Å². The Hall–Kier alpha value is -1.91. The Morgan fingerprint density at radius 2 is 1.94 bits per heavy atom. The molecule has 4 unspecified atom stereocenters. The highest BCUT2D eigenvalue weighted by atomic mass is 35.5. The third kappa shape index (κ3) is 3.70. The lowest BCUT2D eigenvalue weighted by molar-refractivity contribution is -0.143. The van der Waals surface area contributed by atoms with E-state index in [0.717, 1.165) is 57.4 Å². The van der Waals surface area contributed by atoms with Crippen molar-refractivity contribution in [3.8, 4) is 0 Å². The summed E-state index contributed by atoms with van der Waals surface area (Å²) in [5.74, 6) is 1.62. The molecule has 1 N–H and O–H groups in total. The van der Waals surface area contributed by atoms with Gasteiger partial charge < -0.3 is 10.2 Å². The SMILES string of the molecule is O=C(C1CNCC12CCCc1nc(Cl)ccc12)N1CCC(c2ccccc2)CC1C1CCC1. The molecule has 5 heteroatoms. The topological polar surface area (TPSA) is 45.2 Å². The molecule has 1 saturated carbocycles. The smallest absolute Gasteiger partial charge is 0.228 e. The van der Waals surface area contributed by atoms with E-state index >= 15 is 0 Å². The Morgan fingerprint density at radius 1 is 1.09 bits per heavy atom. The molecule has 4 atom stereocenters. The lowest BCUT2D eigenvalue weighted by Gasteiger charge is -2.49. The predicted octanol–water partition coefficient (Wildman–Crippen LogP) is 5.10. The lowest BCUT2D eigenvalue weighted by atomic mass is 9.64. The summed E-state index contributed by atoms with van der Waals surface area (Å²) in [5.41, 5.74) is 3.68. The van der Waals surface area contributed by atoms with Crippen molar-refractivity contribution in [3.63, 3.8) is 0 Å². The van der Waals surface area contributed by atoms with Gasteiger partial charge in [-0.05, 0) is 74.0 Å². The highest BCUT2D eigenvalue weighted by Crippen LogP contribution is 2.48. The van der Waals surface area contributed by atoms with Crippen LogP contribution in [0, 0.1) is 11.8 Å². The van der Waals surface area contributed by atoms with Crippen LogP contribution in [0.15, 0.2) is 42.5 Å². The van der Waals surface area contributed by atoms with Crippen LogP contribution in [-0.2, 0) is 16.6 Å². The Kier molecular flexibility index (Phi) is 5.70. The summed E-state index contributed by atoms with van der Waals surface area (Å²) >= 11 is 6.23. The number of rotatable bonds is 3. The van der Waals surface area contributed by atoms with Crippen LogP contribution in [0.5, 0.6) is 0 Å². The predicted molar refractivity (Wildman–Crippen MR) is 131 cm³/mol. The first-order valence-corrected chi connectivity index (χ1v) is 13.3. The van der Waals surface area contributed by atoms with Gasteiger partial charge in [-0.2, -0.15) is 0 Å². The maximum atomic E-state index is 14.3. The summed E-state index contributed by atoms with van der Waals surface area (Å²) in [4.78, 5) is 21.3. The maximum Gasteiger partial charge on any atom is 0.228 e. The zero-order valence-electron chi connectivity index (χ0n) is 19.3. The van der Waals surface area contributed by atoms with Gasteiger partial charge in [0, 0.05) is 36.8 Å². The number of aromatic nitrogens is 1. The molecule has 3 fully saturated rings. The molecule has 33 heavy (non-hydrogen) atoms. The number of nitrogens with zero attached hydrogens (tertiary/aromatic N) is 2. The molecule has 6 rings (SSSR count). The van der Waals surface area contributed by atoms with Gasteiger partial charge in [0.05, 0.1) is 5.92 Å². The van der Waals surface area contributed by atoms with E-state index in [4.69, 9.17) is 11.6 Å². The van der Waals surface area contributed by atoms with Crippen LogP contribution in [0.25, 0.3) is 0 Å². The minimum atomic E-state index is -0.136. The number of hydrogen-bond acceptors (Lipinski definition) is 3. The zero-order valence-corrected chi connectivity index (χ0v) is 20.1. The highest BCUT2D eigenvalue weighted by Gasteiger charge is 2.53. The molecule has 1 aromatic heterocycles. The van der Waals surface area contributed by atoms with Crippen molar-refractivity contribution >= 4 is 17.5 Å². The van der Waals surface area contributed by atoms with E-state index in [1.54, 1.807) is 0 Å². The summed E-state index contributed by atoms with van der Waals surface area (Å²) in [6, 6.07) is 15.4. The maximum absolute atomic E-state index is 14.3. The van der Waals surface area contributed by atoms with E-state index in [2.05, 4.69) is 51.6 Å². The number of pyridine rings is 1. The van der Waals surface area contributed by atoms with E-state index in [0.29, 0.717) is 28.9 Å². The van der Waals surface area contributed by atoms with Crippen molar-refractivity contribution in [3.05, 3.63) is 64.4 Å². The van der Waals surface area contributed by atoms with Gasteiger partial charge in [0.25, 0.3) is 0 Å². The molecule has 3 heterocycles. The van der Waals surface area contributed by atoms with Crippen LogP contribution in [0.3, 0.4) is 0 Å². The summed E-state index contributed by atoms with van der Waals surface area (Å²) < 4.78 is 0. The van der Waals surface area contributed by atoms with Gasteiger partial charge in [0.2, 0.25) is 5.91 Å². The molecule has 0 bridgehead atoms. The van der Waals surface area contributed by atoms with Crippen molar-refractivity contribution in [2.24, 2.45) is 11.8 Å². The Bertz CT molecular complexity index is 1020. The number of piperidine rings is 1. The van der Waals surface area contributed by atoms with Crippen molar-refractivity contribution < 1.29 is 4.79 Å². The average molecular weight is 464 g/mol. The standard InChI is InChI=1S/C28H34ClN3O/c29-26-12-11-22-24(31-26)10-5-14-28(22)18-30-17-23(28)27(33)32-15-13-21(19-6-2-1-3-7-19)16-25(32)20-8-4-9-20/h1-3,6-7,11-12,20-21,23,25,30H,4-5,8-10,13-18H2. The first-order valence-electron chi connectivity index (χ1n) is 12.9. The Morgan fingerprint density at radius 3 is 2.73 bits per heavy atom. The first kappa shape index (κ1) is 21.6. The van der Waals surface area contributed by atoms with E-state index < -0.39 is 0 Å². The van der Waals surface area contributed by atoms with E-state index in [9.17, 15) is 4.79 Å². The van der Waals surface area contributed by atoms with Crippen LogP contribution < -0.4 is 5.32 Å². The van der Waals surface area contributed by atoms with Gasteiger partial charge >= 0.3 is 0 Å². The third-order valence-corrected chi connectivity index (χ3v) is 9.37. The molecule has 174 valence electrons. The van der Waals surface area contributed by atoms with Crippen LogP contribution in [-0.4, -0.2) is 41.5 Å². The minimum absolute atomic E-state index is 0.00428. The number of hydrogen-bond donors (Lipinski definition) is 1. The quantitative estimate of drug-likeness (QED) is 0.644. The molecular weight excluding hydrogens is 430 g/mol. The largest absolute Gasteiger partial charge is 0.339 e. The van der Waals surface area contributed by atoms with Gasteiger partial charge in [-0.25, -0.2) is 4.98 Å². The van der Waals surface area contributed by atoms with Gasteiger partial charge in [0.15, 0.2) is 0 Å². The number of benzene rings is 1. The molecular formula is C28H34ClN3O. The molecule has 4 aliphatic rings. The third-order valence-electron chi connectivity index (χ3n) is 9.16. The van der Waals surface area contributed by atoms with Gasteiger partial charge in [-0.1, -0.05) is 54.4 Å². The number of fused-ring (bicyclic) bond motifs is 2. The normalized spacial score (nSPS) is 31.9. The second-order valence-corrected chi connectivity index (χ2v) is 11.1. The molecule has 2 aliphatic heterocycles. The number of nitrogens with one attached hydrogen (secondary N) is 1. The minimum Gasteiger partial charge on any atom is -0.339 e. The monoisotopic (exact) mass is 463 g/mol. The Balaban J connectivity index is 1.29. The average Bonchev–Trinajstić information content (AvgIpc) is 3.22. The molecule has 2 aliphatic carbocycles. The van der Waals surface area contributed by atoms with E-state index in [1.165, 1.54) is 30.4 Å². The zero-order chi connectivity index (χ0) is 22.4. The second kappa shape index (κ2) is 8.70. The summed E-state index contributed by atoms with van der Waals surface area (Å²) in [7, 11) is 0. The second-order valence-electron chi connectivity index (χ2n) is 10.7. The number of amides is 1. The number of aryl methyl sites for hydroxylation is 1. The van der Waals surface area contributed by atoms with Crippen LogP contribution in [0.1, 0.15) is 67.7 Å². The molecule has 2 aromatic rings. The van der Waals surface area contributed by atoms with Crippen LogP contribution >= 0.6 is 11.6 Å². The van der Waals surface area contributed by atoms with Crippen molar-refractivity contribution in [2.75, 3.05) is 19.6 Å². The fourth-order valence-electron chi connectivity index (χ4n) is 7.22. The molecule has 1 spiro atoms. The fourth-order valence-corrected chi connectivity index (χ4v) is 7.39. The van der Waals surface area contributed by atoms with E-state index in [1.807, 2.05) is 6.07 Å². The molecule has 2 saturated heterocycles. The first-order chi connectivity index (χ1) is 16.2. The number of carbonyl (C=O) groups is 1. The van der Waals surface area contributed by atoms with E-state index in [-0.39, 0.29) is 11.3 Å². The molecule has 1 aromatic carbocycles. The van der Waals surface area contributed by atoms with Crippen molar-refractivity contribution in [2.45, 2.75) is 68.7 Å².